The second-order valence-electron chi connectivity index (χ2n) is 5.69. The molecule has 3 fully saturated rings. The molecule has 0 N–H and O–H groups in total. The largest absolute Gasteiger partial charge is 0.299 e. The van der Waals surface area contributed by atoms with Gasteiger partial charge < -0.3 is 0 Å². The van der Waals surface area contributed by atoms with E-state index >= 15 is 0 Å². The van der Waals surface area contributed by atoms with E-state index in [4.69, 9.17) is 0 Å². The zero-order valence-electron chi connectivity index (χ0n) is 10.5. The van der Waals surface area contributed by atoms with E-state index in [0.29, 0.717) is 18.1 Å². The van der Waals surface area contributed by atoms with Gasteiger partial charge in [-0.1, -0.05) is 30.3 Å². The molecule has 2 heteroatoms. The maximum atomic E-state index is 12.4. The molecule has 1 unspecified atom stereocenters. The SMILES string of the molecule is O=C(Cc1ccccc1)C1C[C@@H]2CC[C@H]1C(=O)C2. The third-order valence-electron chi connectivity index (χ3n) is 4.50. The first-order chi connectivity index (χ1) is 8.74. The van der Waals surface area contributed by atoms with Gasteiger partial charge in [0.1, 0.15) is 11.6 Å². The van der Waals surface area contributed by atoms with Crippen molar-refractivity contribution in [2.24, 2.45) is 17.8 Å². The summed E-state index contributed by atoms with van der Waals surface area (Å²) < 4.78 is 0. The van der Waals surface area contributed by atoms with Gasteiger partial charge in [-0.05, 0) is 30.7 Å². The molecule has 0 aromatic heterocycles. The lowest BCUT2D eigenvalue weighted by atomic mass is 9.62. The summed E-state index contributed by atoms with van der Waals surface area (Å²) >= 11 is 0. The van der Waals surface area contributed by atoms with Gasteiger partial charge >= 0.3 is 0 Å². The Morgan fingerprint density at radius 1 is 1.17 bits per heavy atom. The molecule has 0 spiro atoms. The summed E-state index contributed by atoms with van der Waals surface area (Å²) in [5.74, 6) is 1.12. The predicted octanol–water partition coefficient (Wildman–Crippen LogP) is 2.80. The van der Waals surface area contributed by atoms with E-state index in [0.717, 1.165) is 31.2 Å². The number of hydrogen-bond donors (Lipinski definition) is 0. The Bertz CT molecular complexity index is 463. The first-order valence-electron chi connectivity index (χ1n) is 6.83. The second-order valence-corrected chi connectivity index (χ2v) is 5.69. The van der Waals surface area contributed by atoms with Gasteiger partial charge in [-0.15, -0.1) is 0 Å². The highest BCUT2D eigenvalue weighted by Crippen LogP contribution is 2.43. The number of rotatable bonds is 3. The monoisotopic (exact) mass is 242 g/mol. The Morgan fingerprint density at radius 2 is 1.94 bits per heavy atom. The van der Waals surface area contributed by atoms with Gasteiger partial charge in [-0.3, -0.25) is 9.59 Å². The molecule has 0 amide bonds. The van der Waals surface area contributed by atoms with Crippen molar-refractivity contribution in [3.05, 3.63) is 35.9 Å². The van der Waals surface area contributed by atoms with Crippen LogP contribution in [0.5, 0.6) is 0 Å². The first kappa shape index (κ1) is 11.6. The van der Waals surface area contributed by atoms with Crippen molar-refractivity contribution in [3.63, 3.8) is 0 Å². The maximum absolute atomic E-state index is 12.4. The predicted molar refractivity (Wildman–Crippen MR) is 69.1 cm³/mol. The third-order valence-corrected chi connectivity index (χ3v) is 4.50. The fourth-order valence-corrected chi connectivity index (χ4v) is 3.55. The summed E-state index contributed by atoms with van der Waals surface area (Å²) in [6, 6.07) is 9.85. The van der Waals surface area contributed by atoms with Crippen LogP contribution in [0.1, 0.15) is 31.2 Å². The topological polar surface area (TPSA) is 34.1 Å². The Morgan fingerprint density at radius 3 is 2.61 bits per heavy atom. The van der Waals surface area contributed by atoms with Crippen LogP contribution in [-0.2, 0) is 16.0 Å². The Hall–Kier alpha value is -1.44. The second kappa shape index (κ2) is 4.68. The van der Waals surface area contributed by atoms with Crippen LogP contribution in [0.3, 0.4) is 0 Å². The third kappa shape index (κ3) is 2.12. The number of carbonyl (C=O) groups excluding carboxylic acids is 2. The first-order valence-corrected chi connectivity index (χ1v) is 6.83. The lowest BCUT2D eigenvalue weighted by Gasteiger charge is -2.40. The standard InChI is InChI=1S/C16H18O2/c17-15-10-12-6-7-13(15)14(8-12)16(18)9-11-4-2-1-3-5-11/h1-5,12-14H,6-10H2/t12-,13+,14?/m0/s1. The Labute approximate surface area is 107 Å². The molecule has 3 atom stereocenters. The molecule has 1 aromatic rings. The minimum absolute atomic E-state index is 0.00482. The molecule has 3 aliphatic rings. The van der Waals surface area contributed by atoms with Gasteiger partial charge in [0.25, 0.3) is 0 Å². The van der Waals surface area contributed by atoms with Crippen molar-refractivity contribution in [1.82, 2.24) is 0 Å². The van der Waals surface area contributed by atoms with Crippen molar-refractivity contribution >= 4 is 11.6 Å². The molecule has 0 heterocycles. The number of ketones is 2. The molecule has 2 nitrogen and oxygen atoms in total. The maximum Gasteiger partial charge on any atom is 0.141 e. The molecule has 94 valence electrons. The van der Waals surface area contributed by atoms with E-state index in [2.05, 4.69) is 0 Å². The van der Waals surface area contributed by atoms with Crippen molar-refractivity contribution in [3.8, 4) is 0 Å². The number of hydrogen-bond acceptors (Lipinski definition) is 2. The number of carbonyl (C=O) groups is 2. The summed E-state index contributed by atoms with van der Waals surface area (Å²) in [6.07, 6.45) is 4.24. The van der Waals surface area contributed by atoms with E-state index in [-0.39, 0.29) is 17.6 Å². The molecule has 0 saturated heterocycles. The average molecular weight is 242 g/mol. The molecule has 1 aromatic carbocycles. The van der Waals surface area contributed by atoms with Gasteiger partial charge in [0, 0.05) is 24.7 Å². The highest BCUT2D eigenvalue weighted by Gasteiger charge is 2.43. The summed E-state index contributed by atoms with van der Waals surface area (Å²) in [6.45, 7) is 0. The van der Waals surface area contributed by atoms with E-state index < -0.39 is 0 Å². The molecule has 0 radical (unpaired) electrons. The summed E-state index contributed by atoms with van der Waals surface area (Å²) in [5.41, 5.74) is 1.07. The molecule has 3 saturated carbocycles. The van der Waals surface area contributed by atoms with Crippen LogP contribution in [0.15, 0.2) is 30.3 Å². The molecule has 3 aliphatic carbocycles. The van der Waals surface area contributed by atoms with Crippen molar-refractivity contribution in [2.75, 3.05) is 0 Å². The van der Waals surface area contributed by atoms with Gasteiger partial charge in [-0.25, -0.2) is 0 Å². The lowest BCUT2D eigenvalue weighted by molar-refractivity contribution is -0.140. The van der Waals surface area contributed by atoms with Crippen LogP contribution in [0.25, 0.3) is 0 Å². The van der Waals surface area contributed by atoms with Gasteiger partial charge in [0.15, 0.2) is 0 Å². The lowest BCUT2D eigenvalue weighted by Crippen LogP contribution is -2.42. The average Bonchev–Trinajstić information content (AvgIpc) is 2.40. The smallest absolute Gasteiger partial charge is 0.141 e. The minimum atomic E-state index is 0.00482. The normalized spacial score (nSPS) is 30.4. The zero-order chi connectivity index (χ0) is 12.5. The van der Waals surface area contributed by atoms with Crippen molar-refractivity contribution < 1.29 is 9.59 Å². The number of benzene rings is 1. The fourth-order valence-electron chi connectivity index (χ4n) is 3.55. The van der Waals surface area contributed by atoms with Gasteiger partial charge in [0.05, 0.1) is 0 Å². The quantitative estimate of drug-likeness (QED) is 0.816. The van der Waals surface area contributed by atoms with Gasteiger partial charge in [-0.2, -0.15) is 0 Å². The van der Waals surface area contributed by atoms with Crippen molar-refractivity contribution in [2.45, 2.75) is 32.1 Å². The Balaban J connectivity index is 1.72. The van der Waals surface area contributed by atoms with E-state index in [1.54, 1.807) is 0 Å². The summed E-state index contributed by atoms with van der Waals surface area (Å²) in [7, 11) is 0. The van der Waals surface area contributed by atoms with Crippen LogP contribution in [0.4, 0.5) is 0 Å². The summed E-state index contributed by atoms with van der Waals surface area (Å²) in [4.78, 5) is 24.2. The molecule has 0 aliphatic heterocycles. The van der Waals surface area contributed by atoms with Crippen LogP contribution in [0, 0.1) is 17.8 Å². The molecular formula is C16H18O2. The molecule has 4 rings (SSSR count). The highest BCUT2D eigenvalue weighted by molar-refractivity contribution is 5.92. The van der Waals surface area contributed by atoms with Crippen LogP contribution < -0.4 is 0 Å². The Kier molecular flexibility index (Phi) is 3.02. The molecule has 18 heavy (non-hydrogen) atoms. The molecular weight excluding hydrogens is 224 g/mol. The summed E-state index contributed by atoms with van der Waals surface area (Å²) in [5, 5.41) is 0. The molecule has 2 bridgehead atoms. The van der Waals surface area contributed by atoms with Crippen molar-refractivity contribution in [1.29, 1.82) is 0 Å². The fraction of sp³-hybridized carbons (Fsp3) is 0.500. The number of Topliss-reactive ketones (excluding diaryl/α,β-unsaturated/α-hetero) is 2. The van der Waals surface area contributed by atoms with E-state index in [1.165, 1.54) is 0 Å². The number of fused-ring (bicyclic) bond motifs is 3. The minimum Gasteiger partial charge on any atom is -0.299 e. The van der Waals surface area contributed by atoms with Crippen LogP contribution in [0.2, 0.25) is 0 Å². The zero-order valence-corrected chi connectivity index (χ0v) is 10.5. The van der Waals surface area contributed by atoms with Crippen LogP contribution >= 0.6 is 0 Å². The highest BCUT2D eigenvalue weighted by atomic mass is 16.1. The van der Waals surface area contributed by atoms with Gasteiger partial charge in [0.2, 0.25) is 0 Å². The van der Waals surface area contributed by atoms with E-state index in [9.17, 15) is 9.59 Å². The van der Waals surface area contributed by atoms with E-state index in [1.807, 2.05) is 30.3 Å². The van der Waals surface area contributed by atoms with Crippen LogP contribution in [-0.4, -0.2) is 11.6 Å².